The first-order valence-corrected chi connectivity index (χ1v) is 9.56. The van der Waals surface area contributed by atoms with Crippen LogP contribution in [0.5, 0.6) is 11.8 Å². The summed E-state index contributed by atoms with van der Waals surface area (Å²) in [5.41, 5.74) is 9.75. The van der Waals surface area contributed by atoms with Gasteiger partial charge >= 0.3 is 0 Å². The second-order valence-corrected chi connectivity index (χ2v) is 6.47. The van der Waals surface area contributed by atoms with Crippen molar-refractivity contribution < 1.29 is 53.5 Å². The zero-order valence-corrected chi connectivity index (χ0v) is 21.5. The third-order valence-electron chi connectivity index (χ3n) is 4.54. The van der Waals surface area contributed by atoms with Crippen LogP contribution in [0.4, 0.5) is 5.95 Å². The first-order chi connectivity index (χ1) is 13.2. The van der Waals surface area contributed by atoms with Crippen LogP contribution in [0.1, 0.15) is 25.0 Å². The van der Waals surface area contributed by atoms with Gasteiger partial charge in [0.25, 0.3) is 0 Å². The standard InChI is InChI=1S/C20H28N5O2.Ac/c1-3-26-18-13-19(27-4-2)23-20(22-18)25-11-9-24(10-12-25)15-17-7-5-16(14-21)6-8-17;/h5-8,13,21H,3-4,9-12,14-15H2,1-2H3;/q-1;. The number of rotatable bonds is 8. The van der Waals surface area contributed by atoms with Crippen LogP contribution < -0.4 is 14.4 Å². The molecule has 1 radical (unpaired) electrons. The van der Waals surface area contributed by atoms with Crippen molar-refractivity contribution in [2.45, 2.75) is 26.9 Å². The van der Waals surface area contributed by atoms with Crippen molar-refractivity contribution >= 4 is 5.95 Å². The van der Waals surface area contributed by atoms with Gasteiger partial charge in [-0.25, -0.2) is 0 Å². The topological polar surface area (TPSA) is 74.5 Å². The van der Waals surface area contributed by atoms with E-state index in [1.165, 1.54) is 5.56 Å². The van der Waals surface area contributed by atoms with Crippen molar-refractivity contribution in [2.24, 2.45) is 0 Å². The molecule has 1 aliphatic rings. The molecule has 1 aliphatic heterocycles. The molecule has 0 atom stereocenters. The van der Waals surface area contributed by atoms with E-state index in [4.69, 9.17) is 15.2 Å². The molecule has 149 valence electrons. The van der Waals surface area contributed by atoms with Crippen LogP contribution in [0.2, 0.25) is 0 Å². The fourth-order valence-electron chi connectivity index (χ4n) is 3.10. The fraction of sp³-hybridized carbons (Fsp3) is 0.500. The second-order valence-electron chi connectivity index (χ2n) is 6.47. The monoisotopic (exact) mass is 597 g/mol. The summed E-state index contributed by atoms with van der Waals surface area (Å²) in [6.45, 7) is 9.91. The number of nitrogens with one attached hydrogen (secondary N) is 1. The SMILES string of the molecule is CCOc1cc(OCC)nc(N2CCN(Cc3ccc(C[NH-])cc3)CC2)n1.[Ac]. The van der Waals surface area contributed by atoms with E-state index in [0.717, 1.165) is 38.3 Å². The van der Waals surface area contributed by atoms with Crippen molar-refractivity contribution in [3.63, 3.8) is 0 Å². The molecule has 8 heteroatoms. The maximum absolute atomic E-state index is 7.41. The van der Waals surface area contributed by atoms with E-state index in [9.17, 15) is 0 Å². The molecule has 2 aromatic rings. The maximum atomic E-state index is 7.41. The number of anilines is 1. The summed E-state index contributed by atoms with van der Waals surface area (Å²) in [6.07, 6.45) is 0. The maximum Gasteiger partial charge on any atom is 0.232 e. The molecule has 0 saturated carbocycles. The molecule has 7 nitrogen and oxygen atoms in total. The van der Waals surface area contributed by atoms with Crippen molar-refractivity contribution in [3.05, 3.63) is 47.2 Å². The third kappa shape index (κ3) is 6.55. The average molecular weight is 597 g/mol. The van der Waals surface area contributed by atoms with Crippen molar-refractivity contribution in [2.75, 3.05) is 44.3 Å². The minimum absolute atomic E-state index is 0. The van der Waals surface area contributed by atoms with Crippen LogP contribution in [0.15, 0.2) is 30.3 Å². The molecule has 1 aromatic carbocycles. The number of piperazine rings is 1. The molecule has 0 bridgehead atoms. The van der Waals surface area contributed by atoms with E-state index in [1.54, 1.807) is 6.07 Å². The van der Waals surface area contributed by atoms with Crippen LogP contribution in [0.25, 0.3) is 5.73 Å². The summed E-state index contributed by atoms with van der Waals surface area (Å²) in [5.74, 6) is 1.79. The Bertz CT molecular complexity index is 697. The van der Waals surface area contributed by atoms with E-state index < -0.39 is 0 Å². The van der Waals surface area contributed by atoms with Gasteiger partial charge in [0.15, 0.2) is 0 Å². The first kappa shape index (κ1) is 23.3. The molecule has 0 spiro atoms. The molecule has 1 aromatic heterocycles. The number of ether oxygens (including phenoxy) is 2. The van der Waals surface area contributed by atoms with Gasteiger partial charge in [0.2, 0.25) is 17.7 Å². The predicted octanol–water partition coefficient (Wildman–Crippen LogP) is 3.15. The normalized spacial score (nSPS) is 14.5. The van der Waals surface area contributed by atoms with Gasteiger partial charge in [0, 0.05) is 76.8 Å². The molecular formula is C20H28AcN5O2-. The smallest absolute Gasteiger partial charge is 0.232 e. The molecule has 0 amide bonds. The molecule has 28 heavy (non-hydrogen) atoms. The largest absolute Gasteiger partial charge is 0.674 e. The van der Waals surface area contributed by atoms with Gasteiger partial charge in [-0.3, -0.25) is 4.90 Å². The minimum Gasteiger partial charge on any atom is -0.674 e. The Hall–Kier alpha value is -0.938. The van der Waals surface area contributed by atoms with E-state index >= 15 is 0 Å². The summed E-state index contributed by atoms with van der Waals surface area (Å²) in [5, 5.41) is 0. The summed E-state index contributed by atoms with van der Waals surface area (Å²) < 4.78 is 11.1. The number of benzene rings is 1. The molecule has 1 N–H and O–H groups in total. The summed E-state index contributed by atoms with van der Waals surface area (Å²) in [7, 11) is 0. The van der Waals surface area contributed by atoms with Crippen LogP contribution in [0, 0.1) is 44.1 Å². The van der Waals surface area contributed by atoms with E-state index in [-0.39, 0.29) is 44.1 Å². The van der Waals surface area contributed by atoms with E-state index in [1.807, 2.05) is 26.0 Å². The number of hydrogen-bond acceptors (Lipinski definition) is 6. The van der Waals surface area contributed by atoms with Gasteiger partial charge in [-0.15, -0.1) is 6.54 Å². The molecule has 1 saturated heterocycles. The molecular weight excluding hydrogens is 569 g/mol. The van der Waals surface area contributed by atoms with Crippen molar-refractivity contribution in [3.8, 4) is 11.8 Å². The van der Waals surface area contributed by atoms with Gasteiger partial charge in [-0.05, 0) is 19.4 Å². The van der Waals surface area contributed by atoms with Gasteiger partial charge in [0.1, 0.15) is 0 Å². The molecule has 0 aliphatic carbocycles. The van der Waals surface area contributed by atoms with Crippen LogP contribution >= 0.6 is 0 Å². The van der Waals surface area contributed by atoms with Gasteiger partial charge < -0.3 is 20.1 Å². The zero-order valence-electron chi connectivity index (χ0n) is 16.7. The predicted molar refractivity (Wildman–Crippen MR) is 106 cm³/mol. The Morgan fingerprint density at radius 2 is 1.43 bits per heavy atom. The summed E-state index contributed by atoms with van der Waals surface area (Å²) in [4.78, 5) is 13.7. The van der Waals surface area contributed by atoms with Crippen molar-refractivity contribution in [1.29, 1.82) is 0 Å². The van der Waals surface area contributed by atoms with E-state index in [0.29, 0.717) is 37.5 Å². The molecule has 3 rings (SSSR count). The second kappa shape index (κ2) is 11.9. The quantitative estimate of drug-likeness (QED) is 0.466. The van der Waals surface area contributed by atoms with Crippen LogP contribution in [0.3, 0.4) is 0 Å². The van der Waals surface area contributed by atoms with Crippen molar-refractivity contribution in [1.82, 2.24) is 14.9 Å². The van der Waals surface area contributed by atoms with Gasteiger partial charge in [-0.2, -0.15) is 9.97 Å². The van der Waals surface area contributed by atoms with Gasteiger partial charge in [0.05, 0.1) is 19.3 Å². The summed E-state index contributed by atoms with van der Waals surface area (Å²) >= 11 is 0. The zero-order chi connectivity index (χ0) is 19.1. The number of nitrogens with zero attached hydrogens (tertiary/aromatic N) is 4. The number of aromatic nitrogens is 2. The Kier molecular flexibility index (Phi) is 9.93. The molecule has 1 fully saturated rings. The Labute approximate surface area is 203 Å². The molecule has 0 unspecified atom stereocenters. The number of hydrogen-bond donors (Lipinski definition) is 0. The minimum atomic E-state index is 0. The van der Waals surface area contributed by atoms with E-state index in [2.05, 4.69) is 31.9 Å². The van der Waals surface area contributed by atoms with Crippen LogP contribution in [-0.4, -0.2) is 54.3 Å². The average Bonchev–Trinajstić information content (AvgIpc) is 2.69. The third-order valence-corrected chi connectivity index (χ3v) is 4.54. The van der Waals surface area contributed by atoms with Crippen LogP contribution in [-0.2, 0) is 13.1 Å². The molecule has 2 heterocycles. The Morgan fingerprint density at radius 3 is 1.93 bits per heavy atom. The first-order valence-electron chi connectivity index (χ1n) is 9.56. The Morgan fingerprint density at radius 1 is 0.893 bits per heavy atom. The Balaban J connectivity index is 0.00000280. The summed E-state index contributed by atoms with van der Waals surface area (Å²) in [6, 6.07) is 10.1. The fourth-order valence-corrected chi connectivity index (χ4v) is 3.10. The van der Waals surface area contributed by atoms with Gasteiger partial charge in [-0.1, -0.05) is 29.8 Å².